The highest BCUT2D eigenvalue weighted by atomic mass is 16.5. The van der Waals surface area contributed by atoms with Gasteiger partial charge in [-0.2, -0.15) is 0 Å². The van der Waals surface area contributed by atoms with Crippen LogP contribution in [0.5, 0.6) is 5.75 Å². The molecule has 1 aromatic carbocycles. The van der Waals surface area contributed by atoms with Gasteiger partial charge in [-0.25, -0.2) is 4.79 Å². The minimum absolute atomic E-state index is 0.0142. The summed E-state index contributed by atoms with van der Waals surface area (Å²) in [4.78, 5) is 16.8. The average molecular weight is 299 g/mol. The summed E-state index contributed by atoms with van der Waals surface area (Å²) in [6, 6.07) is 9.20. The summed E-state index contributed by atoms with van der Waals surface area (Å²) in [6.45, 7) is 0. The van der Waals surface area contributed by atoms with Gasteiger partial charge >= 0.3 is 6.03 Å². The van der Waals surface area contributed by atoms with Crippen molar-refractivity contribution >= 4 is 6.03 Å². The van der Waals surface area contributed by atoms with Crippen molar-refractivity contribution in [2.24, 2.45) is 5.92 Å². The molecule has 3 saturated heterocycles. The molecule has 0 saturated carbocycles. The number of hydrogen-bond donors (Lipinski definition) is 1. The van der Waals surface area contributed by atoms with E-state index >= 15 is 0 Å². The Morgan fingerprint density at radius 1 is 1.27 bits per heavy atom. The topological polar surface area (TPSA) is 44.8 Å². The normalized spacial score (nSPS) is 42.3. The van der Waals surface area contributed by atoms with E-state index in [-0.39, 0.29) is 18.0 Å². The lowest BCUT2D eigenvalue weighted by Gasteiger charge is -2.61. The number of hydrogen-bond acceptors (Lipinski definition) is 3. The second-order valence-corrected chi connectivity index (χ2v) is 7.16. The Labute approximate surface area is 130 Å². The number of benzene rings is 1. The zero-order valence-electron chi connectivity index (χ0n) is 13.0. The Morgan fingerprint density at radius 2 is 2.09 bits per heavy atom. The third kappa shape index (κ3) is 1.32. The monoisotopic (exact) mass is 299 g/mol. The molecule has 1 aromatic rings. The van der Waals surface area contributed by atoms with E-state index in [0.717, 1.165) is 17.7 Å². The summed E-state index contributed by atoms with van der Waals surface area (Å²) >= 11 is 0. The third-order valence-electron chi connectivity index (χ3n) is 6.41. The number of fused-ring (bicyclic) bond motifs is 4. The fourth-order valence-corrected chi connectivity index (χ4v) is 5.30. The fraction of sp³-hybridized carbons (Fsp3) is 0.588. The van der Waals surface area contributed by atoms with Gasteiger partial charge in [0.2, 0.25) is 0 Å². The zero-order chi connectivity index (χ0) is 15.1. The fourth-order valence-electron chi connectivity index (χ4n) is 5.30. The van der Waals surface area contributed by atoms with Crippen LogP contribution in [0.3, 0.4) is 0 Å². The van der Waals surface area contributed by atoms with Gasteiger partial charge in [-0.05, 0) is 26.0 Å². The first-order valence-electron chi connectivity index (χ1n) is 8.16. The third-order valence-corrected chi connectivity index (χ3v) is 6.41. The maximum absolute atomic E-state index is 12.5. The van der Waals surface area contributed by atoms with Crippen molar-refractivity contribution in [3.05, 3.63) is 29.8 Å². The van der Waals surface area contributed by atoms with Crippen LogP contribution in [0.1, 0.15) is 30.9 Å². The predicted octanol–water partition coefficient (Wildman–Crippen LogP) is 1.95. The number of para-hydroxylation sites is 1. The first kappa shape index (κ1) is 12.8. The molecule has 1 N–H and O–H groups in total. The lowest BCUT2D eigenvalue weighted by molar-refractivity contribution is -0.184. The highest BCUT2D eigenvalue weighted by Crippen LogP contribution is 2.57. The van der Waals surface area contributed by atoms with Crippen molar-refractivity contribution in [2.45, 2.75) is 43.1 Å². The lowest BCUT2D eigenvalue weighted by atomic mass is 9.71. The average Bonchev–Trinajstić information content (AvgIpc) is 2.76. The molecule has 0 radical (unpaired) electrons. The molecule has 2 amide bonds. The Bertz CT molecular complexity index is 663. The van der Waals surface area contributed by atoms with Gasteiger partial charge in [-0.3, -0.25) is 9.80 Å². The first-order valence-corrected chi connectivity index (χ1v) is 8.16. The Morgan fingerprint density at radius 3 is 2.95 bits per heavy atom. The molecule has 0 spiro atoms. The van der Waals surface area contributed by atoms with Crippen molar-refractivity contribution in [2.75, 3.05) is 14.1 Å². The quantitative estimate of drug-likeness (QED) is 0.796. The van der Waals surface area contributed by atoms with Gasteiger partial charge in [-0.1, -0.05) is 18.2 Å². The smallest absolute Gasteiger partial charge is 0.320 e. The molecule has 4 bridgehead atoms. The van der Waals surface area contributed by atoms with Gasteiger partial charge in [0.1, 0.15) is 5.75 Å². The minimum atomic E-state index is -0.486. The van der Waals surface area contributed by atoms with Crippen LogP contribution in [0.2, 0.25) is 0 Å². The van der Waals surface area contributed by atoms with Crippen LogP contribution < -0.4 is 10.1 Å². The maximum atomic E-state index is 12.5. The molecule has 5 atom stereocenters. The van der Waals surface area contributed by atoms with E-state index in [0.29, 0.717) is 12.1 Å². The molecular formula is C17H21N3O2. The zero-order valence-corrected chi connectivity index (χ0v) is 13.0. The van der Waals surface area contributed by atoms with Gasteiger partial charge in [0, 0.05) is 31.1 Å². The van der Waals surface area contributed by atoms with E-state index in [9.17, 15) is 4.79 Å². The summed E-state index contributed by atoms with van der Waals surface area (Å²) in [5, 5.41) is 3.23. The highest BCUT2D eigenvalue weighted by Gasteiger charge is 2.66. The van der Waals surface area contributed by atoms with Crippen LogP contribution in [0.4, 0.5) is 4.79 Å². The molecule has 0 aliphatic carbocycles. The molecule has 116 valence electrons. The molecule has 0 aromatic heterocycles. The number of nitrogens with zero attached hydrogens (tertiary/aromatic N) is 2. The minimum Gasteiger partial charge on any atom is -0.467 e. The van der Waals surface area contributed by atoms with Crippen LogP contribution in [0, 0.1) is 5.92 Å². The summed E-state index contributed by atoms with van der Waals surface area (Å²) in [6.07, 6.45) is 3.30. The van der Waals surface area contributed by atoms with Crippen LogP contribution in [-0.2, 0) is 0 Å². The number of carbonyl (C=O) groups is 1. The van der Waals surface area contributed by atoms with Crippen molar-refractivity contribution in [3.63, 3.8) is 0 Å². The molecular weight excluding hydrogens is 278 g/mol. The van der Waals surface area contributed by atoms with Gasteiger partial charge < -0.3 is 10.1 Å². The van der Waals surface area contributed by atoms with Crippen molar-refractivity contribution in [1.82, 2.24) is 15.1 Å². The number of carbonyl (C=O) groups excluding carboxylic acids is 1. The van der Waals surface area contributed by atoms with Gasteiger partial charge in [0.25, 0.3) is 0 Å². The molecule has 22 heavy (non-hydrogen) atoms. The number of rotatable bonds is 0. The number of urea groups is 1. The standard InChI is InChI=1S/C17H21N3O2/c1-19-10-7-8-12(19)14-15-11-5-3-4-6-13(11)22-17(14,9-10)20(2)16(21)18-15/h3-6,10,12,14-15H,7-9H2,1-2H3,(H,18,21). The first-order chi connectivity index (χ1) is 10.6. The Kier molecular flexibility index (Phi) is 2.30. The highest BCUT2D eigenvalue weighted by molar-refractivity contribution is 5.77. The molecule has 5 unspecified atom stereocenters. The van der Waals surface area contributed by atoms with Crippen molar-refractivity contribution in [1.29, 1.82) is 0 Å². The van der Waals surface area contributed by atoms with Crippen LogP contribution >= 0.6 is 0 Å². The molecule has 3 fully saturated rings. The van der Waals surface area contributed by atoms with Crippen LogP contribution in [0.25, 0.3) is 0 Å². The van der Waals surface area contributed by atoms with Gasteiger partial charge in [0.15, 0.2) is 5.72 Å². The lowest BCUT2D eigenvalue weighted by Crippen LogP contribution is -2.75. The molecule has 4 aliphatic heterocycles. The van der Waals surface area contributed by atoms with Gasteiger partial charge in [-0.15, -0.1) is 0 Å². The SMILES string of the molecule is CN1C2CCC1C1C3NC(=O)N(C)C1(C2)Oc1ccccc13. The number of piperidine rings is 1. The second-order valence-electron chi connectivity index (χ2n) is 7.16. The summed E-state index contributed by atoms with van der Waals surface area (Å²) in [5.41, 5.74) is 0.642. The second kappa shape index (κ2) is 3.96. The molecule has 4 aliphatic rings. The number of nitrogens with one attached hydrogen (secondary N) is 1. The van der Waals surface area contributed by atoms with Crippen molar-refractivity contribution < 1.29 is 9.53 Å². The summed E-state index contributed by atoms with van der Waals surface area (Å²) in [7, 11) is 4.12. The van der Waals surface area contributed by atoms with Crippen LogP contribution in [-0.4, -0.2) is 47.7 Å². The summed E-state index contributed by atoms with van der Waals surface area (Å²) in [5.74, 6) is 1.22. The van der Waals surface area contributed by atoms with E-state index in [2.05, 4.69) is 23.3 Å². The molecule has 5 rings (SSSR count). The molecule has 5 heteroatoms. The maximum Gasteiger partial charge on any atom is 0.320 e. The van der Waals surface area contributed by atoms with Crippen molar-refractivity contribution in [3.8, 4) is 5.75 Å². The Balaban J connectivity index is 1.73. The Hall–Kier alpha value is -1.75. The van der Waals surface area contributed by atoms with E-state index in [4.69, 9.17) is 4.74 Å². The summed E-state index contributed by atoms with van der Waals surface area (Å²) < 4.78 is 6.54. The van der Waals surface area contributed by atoms with Gasteiger partial charge in [0.05, 0.1) is 12.0 Å². The van der Waals surface area contributed by atoms with E-state index in [1.165, 1.54) is 12.8 Å². The predicted molar refractivity (Wildman–Crippen MR) is 81.5 cm³/mol. The molecule has 5 nitrogen and oxygen atoms in total. The van der Waals surface area contributed by atoms with E-state index in [1.54, 1.807) is 0 Å². The number of amides is 2. The number of ether oxygens (including phenoxy) is 1. The largest absolute Gasteiger partial charge is 0.467 e. The molecule has 4 heterocycles. The van der Waals surface area contributed by atoms with E-state index < -0.39 is 5.72 Å². The van der Waals surface area contributed by atoms with E-state index in [1.807, 2.05) is 30.1 Å². The van der Waals surface area contributed by atoms with Crippen LogP contribution in [0.15, 0.2) is 24.3 Å².